The molecule has 0 fully saturated rings. The van der Waals surface area contributed by atoms with Crippen molar-refractivity contribution in [3.63, 3.8) is 0 Å². The highest BCUT2D eigenvalue weighted by Crippen LogP contribution is 2.19. The third-order valence-electron chi connectivity index (χ3n) is 4.55. The van der Waals surface area contributed by atoms with Crippen molar-refractivity contribution in [2.24, 2.45) is 5.73 Å². The summed E-state index contributed by atoms with van der Waals surface area (Å²) < 4.78 is 0. The lowest BCUT2D eigenvalue weighted by atomic mass is 10.0. The molecule has 2 aromatic rings. The van der Waals surface area contributed by atoms with Crippen LogP contribution >= 0.6 is 12.6 Å². The lowest BCUT2D eigenvalue weighted by molar-refractivity contribution is -0.142. The summed E-state index contributed by atoms with van der Waals surface area (Å²) in [6, 6.07) is 3.59. The van der Waals surface area contributed by atoms with Gasteiger partial charge in [0.15, 0.2) is 0 Å². The van der Waals surface area contributed by atoms with Crippen LogP contribution in [-0.4, -0.2) is 75.9 Å². The van der Waals surface area contributed by atoms with Gasteiger partial charge in [-0.25, -0.2) is 4.79 Å². The van der Waals surface area contributed by atoms with E-state index in [2.05, 4.69) is 33.6 Å². The topological polar surface area (TPSA) is 187 Å². The number of aliphatic hydroxyl groups excluding tert-OH is 1. The van der Waals surface area contributed by atoms with Gasteiger partial charge in [-0.1, -0.05) is 18.2 Å². The van der Waals surface area contributed by atoms with Crippen molar-refractivity contribution in [1.29, 1.82) is 0 Å². The third-order valence-corrected chi connectivity index (χ3v) is 4.91. The zero-order chi connectivity index (χ0) is 23.0. The van der Waals surface area contributed by atoms with Crippen molar-refractivity contribution in [2.75, 3.05) is 18.9 Å². The van der Waals surface area contributed by atoms with Crippen molar-refractivity contribution in [3.8, 4) is 0 Å². The number of aromatic amines is 1. The zero-order valence-electron chi connectivity index (χ0n) is 16.5. The van der Waals surface area contributed by atoms with E-state index < -0.39 is 48.4 Å². The molecule has 0 bridgehead atoms. The SMILES string of the molecule is NCC(=O)NC(CO)C(=O)NC(CS)C(=O)NC(Cc1c[nH]c2ccccc12)C(=O)O. The molecule has 11 nitrogen and oxygen atoms in total. The van der Waals surface area contributed by atoms with Gasteiger partial charge in [-0.2, -0.15) is 12.6 Å². The van der Waals surface area contributed by atoms with Gasteiger partial charge in [-0.15, -0.1) is 0 Å². The van der Waals surface area contributed by atoms with Gasteiger partial charge in [-0.05, 0) is 11.6 Å². The molecule has 3 amide bonds. The molecule has 0 aliphatic carbocycles. The molecule has 8 N–H and O–H groups in total. The maximum Gasteiger partial charge on any atom is 0.326 e. The number of aliphatic carboxylic acids is 1. The van der Waals surface area contributed by atoms with Crippen molar-refractivity contribution in [1.82, 2.24) is 20.9 Å². The van der Waals surface area contributed by atoms with Gasteiger partial charge >= 0.3 is 5.97 Å². The van der Waals surface area contributed by atoms with Crippen LogP contribution in [0.5, 0.6) is 0 Å². The molecule has 0 saturated heterocycles. The molecule has 0 spiro atoms. The number of amides is 3. The van der Waals surface area contributed by atoms with Gasteiger partial charge in [-0.3, -0.25) is 14.4 Å². The van der Waals surface area contributed by atoms with Crippen molar-refractivity contribution in [3.05, 3.63) is 36.0 Å². The normalized spacial score (nSPS) is 13.8. The molecule has 3 unspecified atom stereocenters. The Labute approximate surface area is 183 Å². The average Bonchev–Trinajstić information content (AvgIpc) is 3.17. The fraction of sp³-hybridized carbons (Fsp3) is 0.368. The smallest absolute Gasteiger partial charge is 0.326 e. The van der Waals surface area contributed by atoms with E-state index in [4.69, 9.17) is 5.73 Å². The Kier molecular flexibility index (Phi) is 8.85. The zero-order valence-corrected chi connectivity index (χ0v) is 17.4. The van der Waals surface area contributed by atoms with Crippen LogP contribution in [0.4, 0.5) is 0 Å². The molecule has 168 valence electrons. The van der Waals surface area contributed by atoms with Gasteiger partial charge < -0.3 is 36.9 Å². The second kappa shape index (κ2) is 11.3. The number of fused-ring (bicyclic) bond motifs is 1. The number of carbonyl (C=O) groups is 4. The number of aromatic nitrogens is 1. The maximum absolute atomic E-state index is 12.6. The summed E-state index contributed by atoms with van der Waals surface area (Å²) >= 11 is 4.03. The van der Waals surface area contributed by atoms with E-state index in [1.807, 2.05) is 24.3 Å². The van der Waals surface area contributed by atoms with Crippen LogP contribution in [0.1, 0.15) is 5.56 Å². The Hall–Kier alpha value is -3.09. The molecule has 31 heavy (non-hydrogen) atoms. The first kappa shape index (κ1) is 24.2. The number of carboxylic acids is 1. The Morgan fingerprint density at radius 1 is 1.03 bits per heavy atom. The van der Waals surface area contributed by atoms with Crippen molar-refractivity contribution >= 4 is 47.2 Å². The second-order valence-electron chi connectivity index (χ2n) is 6.71. The minimum atomic E-state index is -1.31. The second-order valence-corrected chi connectivity index (χ2v) is 7.08. The Balaban J connectivity index is 2.06. The minimum Gasteiger partial charge on any atom is -0.480 e. The summed E-state index contributed by atoms with van der Waals surface area (Å²) in [7, 11) is 0. The summed E-state index contributed by atoms with van der Waals surface area (Å²) in [5, 5.41) is 26.6. The van der Waals surface area contributed by atoms with E-state index >= 15 is 0 Å². The number of rotatable bonds is 11. The fourth-order valence-corrected chi connectivity index (χ4v) is 3.16. The molecule has 1 heterocycles. The summed E-state index contributed by atoms with van der Waals surface area (Å²) in [5.41, 5.74) is 6.71. The number of nitrogens with one attached hydrogen (secondary N) is 4. The quantitative estimate of drug-likeness (QED) is 0.184. The summed E-state index contributed by atoms with van der Waals surface area (Å²) in [6.45, 7) is -1.09. The largest absolute Gasteiger partial charge is 0.480 e. The number of nitrogens with two attached hydrogens (primary N) is 1. The minimum absolute atomic E-state index is 0.0180. The van der Waals surface area contributed by atoms with Crippen LogP contribution in [0.3, 0.4) is 0 Å². The van der Waals surface area contributed by atoms with Crippen LogP contribution in [-0.2, 0) is 25.6 Å². The van der Waals surface area contributed by atoms with Crippen LogP contribution in [0, 0.1) is 0 Å². The first-order valence-corrected chi connectivity index (χ1v) is 10.0. The molecule has 0 saturated carbocycles. The Morgan fingerprint density at radius 2 is 1.68 bits per heavy atom. The first-order valence-electron chi connectivity index (χ1n) is 9.40. The highest BCUT2D eigenvalue weighted by molar-refractivity contribution is 7.80. The molecule has 1 aromatic heterocycles. The molecule has 0 radical (unpaired) electrons. The first-order chi connectivity index (χ1) is 14.8. The highest BCUT2D eigenvalue weighted by atomic mass is 32.1. The maximum atomic E-state index is 12.6. The molecular weight excluding hydrogens is 426 g/mol. The van der Waals surface area contributed by atoms with Gasteiger partial charge in [0.2, 0.25) is 17.7 Å². The summed E-state index contributed by atoms with van der Waals surface area (Å²) in [4.78, 5) is 51.0. The lowest BCUT2D eigenvalue weighted by Crippen LogP contribution is -2.57. The average molecular weight is 452 g/mol. The molecule has 1 aromatic carbocycles. The van der Waals surface area contributed by atoms with Crippen LogP contribution in [0.25, 0.3) is 10.9 Å². The van der Waals surface area contributed by atoms with Crippen molar-refractivity contribution < 1.29 is 29.4 Å². The van der Waals surface area contributed by atoms with E-state index in [1.54, 1.807) is 6.20 Å². The van der Waals surface area contributed by atoms with E-state index in [1.165, 1.54) is 0 Å². The standard InChI is InChI=1S/C19H25N5O6S/c20-6-16(26)22-14(8-25)17(27)24-15(9-31)18(28)23-13(19(29)30)5-10-7-21-12-4-2-1-3-11(10)12/h1-4,7,13-15,21,25,31H,5-6,8-9,20H2,(H,22,26)(H,23,28)(H,24,27)(H,29,30). The molecule has 2 rings (SSSR count). The number of aliphatic hydroxyl groups is 1. The summed E-state index contributed by atoms with van der Waals surface area (Å²) in [5.74, 6) is -3.64. The van der Waals surface area contributed by atoms with Crippen LogP contribution in [0.2, 0.25) is 0 Å². The van der Waals surface area contributed by atoms with E-state index in [9.17, 15) is 29.4 Å². The Bertz CT molecular complexity index is 949. The number of hydrogen-bond acceptors (Lipinski definition) is 7. The van der Waals surface area contributed by atoms with E-state index in [-0.39, 0.29) is 18.7 Å². The predicted molar refractivity (Wildman–Crippen MR) is 115 cm³/mol. The molecule has 0 aliphatic rings. The van der Waals surface area contributed by atoms with Gasteiger partial charge in [0.05, 0.1) is 13.2 Å². The molecule has 0 aliphatic heterocycles. The van der Waals surface area contributed by atoms with E-state index in [0.29, 0.717) is 5.56 Å². The van der Waals surface area contributed by atoms with E-state index in [0.717, 1.165) is 10.9 Å². The van der Waals surface area contributed by atoms with Crippen LogP contribution in [0.15, 0.2) is 30.5 Å². The highest BCUT2D eigenvalue weighted by Gasteiger charge is 2.29. The van der Waals surface area contributed by atoms with Gasteiger partial charge in [0.25, 0.3) is 0 Å². The lowest BCUT2D eigenvalue weighted by Gasteiger charge is -2.22. The molecule has 3 atom stereocenters. The number of thiol groups is 1. The number of para-hydroxylation sites is 1. The monoisotopic (exact) mass is 451 g/mol. The number of H-pyrrole nitrogens is 1. The summed E-state index contributed by atoms with van der Waals surface area (Å²) in [6.07, 6.45) is 1.70. The molecule has 12 heteroatoms. The molecular formula is C19H25N5O6S. The number of carboxylic acid groups (broad SMARTS) is 1. The number of hydrogen-bond donors (Lipinski definition) is 8. The van der Waals surface area contributed by atoms with Crippen LogP contribution < -0.4 is 21.7 Å². The number of carbonyl (C=O) groups excluding carboxylic acids is 3. The van der Waals surface area contributed by atoms with Gasteiger partial charge in [0.1, 0.15) is 18.1 Å². The fourth-order valence-electron chi connectivity index (χ4n) is 2.91. The van der Waals surface area contributed by atoms with Crippen molar-refractivity contribution in [2.45, 2.75) is 24.5 Å². The third kappa shape index (κ3) is 6.44. The predicted octanol–water partition coefficient (Wildman–Crippen LogP) is -1.87. The Morgan fingerprint density at radius 3 is 2.29 bits per heavy atom. The number of benzene rings is 1. The van der Waals surface area contributed by atoms with Gasteiger partial charge in [0, 0.05) is 29.3 Å².